The second kappa shape index (κ2) is 11.1. The van der Waals surface area contributed by atoms with Crippen molar-refractivity contribution < 1.29 is 14.3 Å². The minimum atomic E-state index is -0.232. The Labute approximate surface area is 189 Å². The monoisotopic (exact) mass is 436 g/mol. The molecule has 1 aromatic carbocycles. The maximum absolute atomic E-state index is 12.7. The van der Waals surface area contributed by atoms with Crippen LogP contribution in [0.3, 0.4) is 0 Å². The largest absolute Gasteiger partial charge is 0.378 e. The van der Waals surface area contributed by atoms with Gasteiger partial charge in [-0.05, 0) is 48.7 Å². The number of nitrogens with one attached hydrogen (secondary N) is 2. The zero-order valence-corrected chi connectivity index (χ0v) is 18.5. The molecule has 2 aliphatic rings. The van der Waals surface area contributed by atoms with E-state index in [0.29, 0.717) is 23.7 Å². The van der Waals surface area contributed by atoms with E-state index in [9.17, 15) is 9.59 Å². The van der Waals surface area contributed by atoms with Gasteiger partial charge in [-0.25, -0.2) is 4.98 Å². The Kier molecular flexibility index (Phi) is 7.72. The van der Waals surface area contributed by atoms with Crippen molar-refractivity contribution in [2.45, 2.75) is 44.9 Å². The van der Waals surface area contributed by atoms with Gasteiger partial charge in [0.15, 0.2) is 0 Å². The number of nitrogens with zero attached hydrogens (tertiary/aromatic N) is 2. The van der Waals surface area contributed by atoms with Gasteiger partial charge in [0, 0.05) is 42.6 Å². The zero-order valence-electron chi connectivity index (χ0n) is 18.5. The molecule has 0 spiro atoms. The summed E-state index contributed by atoms with van der Waals surface area (Å²) in [6, 6.07) is 11.1. The third kappa shape index (κ3) is 6.29. The van der Waals surface area contributed by atoms with Gasteiger partial charge < -0.3 is 20.3 Å². The van der Waals surface area contributed by atoms with Crippen molar-refractivity contribution in [3.63, 3.8) is 0 Å². The third-order valence-electron chi connectivity index (χ3n) is 6.30. The average molecular weight is 437 g/mol. The van der Waals surface area contributed by atoms with Gasteiger partial charge in [0.25, 0.3) is 5.91 Å². The first-order valence-electron chi connectivity index (χ1n) is 11.7. The van der Waals surface area contributed by atoms with Crippen LogP contribution in [0.25, 0.3) is 0 Å². The standard InChI is InChI=1S/C25H32N4O3/c30-24(11-6-19-4-2-1-3-5-19)28-23-18-20(12-13-26-23)25(31)27-21-7-9-22(10-8-21)29-14-16-32-17-15-29/h7-10,12-13,18-19H,1-6,11,14-17H2,(H,27,31)(H,26,28,30). The molecule has 2 fully saturated rings. The van der Waals surface area contributed by atoms with Crippen molar-refractivity contribution in [1.29, 1.82) is 0 Å². The first kappa shape index (κ1) is 22.3. The second-order valence-electron chi connectivity index (χ2n) is 8.62. The zero-order chi connectivity index (χ0) is 22.2. The summed E-state index contributed by atoms with van der Waals surface area (Å²) in [5.74, 6) is 0.798. The van der Waals surface area contributed by atoms with Crippen LogP contribution in [0.5, 0.6) is 0 Å². The van der Waals surface area contributed by atoms with Crippen LogP contribution in [0.15, 0.2) is 42.6 Å². The third-order valence-corrected chi connectivity index (χ3v) is 6.30. The van der Waals surface area contributed by atoms with Crippen LogP contribution in [-0.4, -0.2) is 43.1 Å². The molecule has 2 amide bonds. The number of hydrogen-bond donors (Lipinski definition) is 2. The molecule has 1 aliphatic heterocycles. The lowest BCUT2D eigenvalue weighted by molar-refractivity contribution is -0.116. The highest BCUT2D eigenvalue weighted by atomic mass is 16.5. The van der Waals surface area contributed by atoms with Crippen molar-refractivity contribution in [1.82, 2.24) is 4.98 Å². The summed E-state index contributed by atoms with van der Waals surface area (Å²) in [7, 11) is 0. The van der Waals surface area contributed by atoms with Crippen LogP contribution >= 0.6 is 0 Å². The molecule has 2 heterocycles. The molecular formula is C25H32N4O3. The normalized spacial score (nSPS) is 17.1. The Hall–Kier alpha value is -2.93. The highest BCUT2D eigenvalue weighted by Gasteiger charge is 2.16. The van der Waals surface area contributed by atoms with Crippen molar-refractivity contribution in [3.05, 3.63) is 48.2 Å². The number of amides is 2. The number of ether oxygens (including phenoxy) is 1. The number of carbonyl (C=O) groups is 2. The smallest absolute Gasteiger partial charge is 0.255 e. The van der Waals surface area contributed by atoms with Crippen LogP contribution in [0.2, 0.25) is 0 Å². The topological polar surface area (TPSA) is 83.6 Å². The van der Waals surface area contributed by atoms with E-state index in [2.05, 4.69) is 20.5 Å². The summed E-state index contributed by atoms with van der Waals surface area (Å²) in [4.78, 5) is 31.5. The van der Waals surface area contributed by atoms with E-state index < -0.39 is 0 Å². The van der Waals surface area contributed by atoms with E-state index in [0.717, 1.165) is 44.1 Å². The Bertz CT molecular complexity index is 904. The van der Waals surface area contributed by atoms with Crippen molar-refractivity contribution in [2.75, 3.05) is 41.8 Å². The highest BCUT2D eigenvalue weighted by molar-refractivity contribution is 6.05. The summed E-state index contributed by atoms with van der Waals surface area (Å²) in [5, 5.41) is 5.75. The number of anilines is 3. The van der Waals surface area contributed by atoms with Crippen LogP contribution < -0.4 is 15.5 Å². The second-order valence-corrected chi connectivity index (χ2v) is 8.62. The molecule has 0 unspecified atom stereocenters. The van der Waals surface area contributed by atoms with E-state index >= 15 is 0 Å². The molecule has 1 aliphatic carbocycles. The fourth-order valence-electron chi connectivity index (χ4n) is 4.44. The summed E-state index contributed by atoms with van der Waals surface area (Å²) < 4.78 is 5.39. The van der Waals surface area contributed by atoms with Crippen molar-refractivity contribution in [2.24, 2.45) is 5.92 Å². The van der Waals surface area contributed by atoms with Crippen LogP contribution in [-0.2, 0) is 9.53 Å². The van der Waals surface area contributed by atoms with Gasteiger partial charge in [-0.1, -0.05) is 32.1 Å². The molecule has 2 aromatic rings. The van der Waals surface area contributed by atoms with Gasteiger partial charge in [-0.2, -0.15) is 0 Å². The Morgan fingerprint density at radius 3 is 2.50 bits per heavy atom. The molecule has 0 bridgehead atoms. The summed E-state index contributed by atoms with van der Waals surface area (Å²) in [6.07, 6.45) is 9.31. The number of morpholine rings is 1. The number of benzene rings is 1. The van der Waals surface area contributed by atoms with Crippen LogP contribution in [0, 0.1) is 5.92 Å². The molecule has 170 valence electrons. The minimum Gasteiger partial charge on any atom is -0.378 e. The lowest BCUT2D eigenvalue weighted by Gasteiger charge is -2.28. The van der Waals surface area contributed by atoms with Crippen molar-refractivity contribution in [3.8, 4) is 0 Å². The summed E-state index contributed by atoms with van der Waals surface area (Å²) in [5.41, 5.74) is 2.30. The molecular weight excluding hydrogens is 404 g/mol. The molecule has 7 nitrogen and oxygen atoms in total. The molecule has 1 saturated carbocycles. The van der Waals surface area contributed by atoms with E-state index in [1.807, 2.05) is 24.3 Å². The average Bonchev–Trinajstić information content (AvgIpc) is 2.84. The van der Waals surface area contributed by atoms with Gasteiger partial charge >= 0.3 is 0 Å². The van der Waals surface area contributed by atoms with E-state index in [1.54, 1.807) is 18.3 Å². The molecule has 0 radical (unpaired) electrons. The summed E-state index contributed by atoms with van der Waals surface area (Å²) >= 11 is 0. The van der Waals surface area contributed by atoms with Crippen molar-refractivity contribution >= 4 is 29.0 Å². The lowest BCUT2D eigenvalue weighted by Crippen LogP contribution is -2.36. The number of pyridine rings is 1. The van der Waals surface area contributed by atoms with Crippen LogP contribution in [0.1, 0.15) is 55.3 Å². The maximum Gasteiger partial charge on any atom is 0.255 e. The fourth-order valence-corrected chi connectivity index (χ4v) is 4.44. The van der Waals surface area contributed by atoms with Gasteiger partial charge in [0.1, 0.15) is 5.82 Å². The number of carbonyl (C=O) groups excluding carboxylic acids is 2. The van der Waals surface area contributed by atoms with Gasteiger partial charge in [0.2, 0.25) is 5.91 Å². The molecule has 2 N–H and O–H groups in total. The molecule has 7 heteroatoms. The molecule has 0 atom stereocenters. The quantitative estimate of drug-likeness (QED) is 0.669. The molecule has 1 saturated heterocycles. The fraction of sp³-hybridized carbons (Fsp3) is 0.480. The molecule has 1 aromatic heterocycles. The van der Waals surface area contributed by atoms with Crippen LogP contribution in [0.4, 0.5) is 17.2 Å². The number of aromatic nitrogens is 1. The predicted octanol–water partition coefficient (Wildman–Crippen LogP) is 4.47. The predicted molar refractivity (Wildman–Crippen MR) is 126 cm³/mol. The van der Waals surface area contributed by atoms with Gasteiger partial charge in [0.05, 0.1) is 13.2 Å². The SMILES string of the molecule is O=C(CCC1CCCCC1)Nc1cc(C(=O)Nc2ccc(N3CCOCC3)cc2)ccn1. The first-order valence-corrected chi connectivity index (χ1v) is 11.7. The number of rotatable bonds is 7. The molecule has 4 rings (SSSR count). The van der Waals surface area contributed by atoms with Gasteiger partial charge in [-0.3, -0.25) is 9.59 Å². The summed E-state index contributed by atoms with van der Waals surface area (Å²) in [6.45, 7) is 3.22. The van der Waals surface area contributed by atoms with E-state index in [1.165, 1.54) is 32.1 Å². The molecule has 32 heavy (non-hydrogen) atoms. The van der Waals surface area contributed by atoms with E-state index in [4.69, 9.17) is 4.74 Å². The van der Waals surface area contributed by atoms with Gasteiger partial charge in [-0.15, -0.1) is 0 Å². The first-order chi connectivity index (χ1) is 15.7. The van der Waals surface area contributed by atoms with E-state index in [-0.39, 0.29) is 11.8 Å². The minimum absolute atomic E-state index is 0.0423. The Morgan fingerprint density at radius 2 is 1.75 bits per heavy atom. The lowest BCUT2D eigenvalue weighted by atomic mass is 9.86. The Balaban J connectivity index is 1.29. The number of hydrogen-bond acceptors (Lipinski definition) is 5. The Morgan fingerprint density at radius 1 is 1.00 bits per heavy atom. The highest BCUT2D eigenvalue weighted by Crippen LogP contribution is 2.27. The maximum atomic E-state index is 12.7.